The molecule has 632 valence electrons. The number of carbonyl (C=O) groups is 11. The topological polar surface area (TPSA) is 720 Å². The van der Waals surface area contributed by atoms with Gasteiger partial charge in [0.1, 0.15) is 152 Å². The third-order valence-electron chi connectivity index (χ3n) is 19.9. The minimum absolute atomic E-state index is 0.0505. The van der Waals surface area contributed by atoms with E-state index in [1.165, 1.54) is 18.7 Å². The molecule has 0 spiro atoms. The molecule has 0 saturated carbocycles. The molecule has 0 bridgehead atoms. The zero-order valence-corrected chi connectivity index (χ0v) is 61.4. The number of carboxylic acid groups (broad SMARTS) is 1. The molecule has 111 heavy (non-hydrogen) atoms. The van der Waals surface area contributed by atoms with Crippen LogP contribution in [0.5, 0.6) is 0 Å². The molecule has 7 saturated heterocycles. The molecule has 7 aliphatic rings. The standard InChI is InChI=1S/C64H104N10O37/c1-21(53(65)94)66-55(96)29-10-8-12-73(29)58(99)30-11-9-13-74(30)57(98)22(2)67-56(97)37(72-54(95)28(15-75)68-24(4)80)23(3)103-60-40(71-27(7)83)50(44(89)36(107-60)20-102-59-39(70-26(6)82)45(90)49(35(19-79)106-59)108-61-47(92)46(91)42(87)33(17-77)104-61)109-62-48(93)52(43(88)34(18-78)105-62)111-64(63(100)101)14-31(84)38(69-25(5)81)51(110-64)41(86)32(85)16-76/h21-23,28-52,59-62,75-79,84-93H,8-20H2,1-7H3,(H2,65,94)(H,66,96)(H,67,97)(H,68,80)(H,69,81)(H,70,82)(H,71,83)(H,72,95)(H,100,101)/t21?,22?,23?,28?,29?,30?,31-,32+,33?,34?,35?,36?,37?,38+,39?,40?,41+,42-,43-,44-,45+,46-,47?,48?,49-,50+,51?,52-,59+,60+,61-,62-,64-/m0/s1. The van der Waals surface area contributed by atoms with Crippen LogP contribution in [0.2, 0.25) is 0 Å². The summed E-state index contributed by atoms with van der Waals surface area (Å²) in [5.41, 5.74) is 5.35. The summed E-state index contributed by atoms with van der Waals surface area (Å²) in [6.45, 7) is 0.723. The number of primary amides is 1. The first-order valence-corrected chi connectivity index (χ1v) is 35.7. The zero-order valence-electron chi connectivity index (χ0n) is 61.4. The van der Waals surface area contributed by atoms with Crippen molar-refractivity contribution in [2.45, 2.75) is 282 Å². The minimum atomic E-state index is -3.35. The van der Waals surface area contributed by atoms with E-state index in [1.807, 2.05) is 0 Å². The van der Waals surface area contributed by atoms with Gasteiger partial charge in [-0.15, -0.1) is 0 Å². The van der Waals surface area contributed by atoms with Gasteiger partial charge in [-0.3, -0.25) is 47.9 Å². The Morgan fingerprint density at radius 2 is 1.08 bits per heavy atom. The molecule has 0 aliphatic carbocycles. The summed E-state index contributed by atoms with van der Waals surface area (Å²) >= 11 is 0. The molecule has 0 radical (unpaired) electrons. The monoisotopic (exact) mass is 1600 g/mol. The van der Waals surface area contributed by atoms with Crippen molar-refractivity contribution < 1.29 is 182 Å². The molecule has 7 heterocycles. The van der Waals surface area contributed by atoms with E-state index < -0.39 is 312 Å². The highest BCUT2D eigenvalue weighted by atomic mass is 16.8. The van der Waals surface area contributed by atoms with Gasteiger partial charge >= 0.3 is 5.97 Å². The molecule has 33 atom stereocenters. The first-order chi connectivity index (χ1) is 52.2. The molecular weight excluding hydrogens is 1500 g/mol. The lowest BCUT2D eigenvalue weighted by Gasteiger charge is -2.51. The lowest BCUT2D eigenvalue weighted by molar-refractivity contribution is -0.383. The molecule has 0 aromatic carbocycles. The van der Waals surface area contributed by atoms with E-state index in [0.29, 0.717) is 6.42 Å². The normalized spacial score (nSPS) is 37.0. The first kappa shape index (κ1) is 91.4. The lowest BCUT2D eigenvalue weighted by Crippen LogP contribution is -2.71. The maximum absolute atomic E-state index is 15.0. The van der Waals surface area contributed by atoms with Crippen LogP contribution in [-0.4, -0.2) is 411 Å². The van der Waals surface area contributed by atoms with E-state index in [1.54, 1.807) is 0 Å². The summed E-state index contributed by atoms with van der Waals surface area (Å²) in [6, 6.07) is -14.6. The fourth-order valence-corrected chi connectivity index (χ4v) is 14.1. The Bertz CT molecular complexity index is 3230. The van der Waals surface area contributed by atoms with E-state index in [0.717, 1.165) is 39.5 Å². The fourth-order valence-electron chi connectivity index (χ4n) is 14.1. The van der Waals surface area contributed by atoms with Crippen LogP contribution < -0.4 is 43.0 Å². The Labute approximate surface area is 632 Å². The predicted octanol–water partition coefficient (Wildman–Crippen LogP) is -15.4. The summed E-state index contributed by atoms with van der Waals surface area (Å²) in [6.07, 6.45) is -49.4. The third-order valence-corrected chi connectivity index (χ3v) is 19.9. The molecule has 25 N–H and O–H groups in total. The molecule has 7 fully saturated rings. The number of aliphatic hydroxyl groups excluding tert-OH is 15. The average Bonchev–Trinajstić information content (AvgIpc) is 1.18. The van der Waals surface area contributed by atoms with Crippen molar-refractivity contribution in [3.05, 3.63) is 0 Å². The Hall–Kier alpha value is -6.83. The second kappa shape index (κ2) is 40.0. The Morgan fingerprint density at radius 1 is 0.541 bits per heavy atom. The van der Waals surface area contributed by atoms with Gasteiger partial charge in [0.25, 0.3) is 5.79 Å². The van der Waals surface area contributed by atoms with E-state index in [9.17, 15) is 134 Å². The number of aliphatic carboxylic acids is 1. The number of likely N-dealkylation sites (tertiary alicyclic amines) is 2. The van der Waals surface area contributed by atoms with Crippen LogP contribution in [0.15, 0.2) is 0 Å². The number of nitrogens with zero attached hydrogens (tertiary/aromatic N) is 2. The number of hydrogen-bond acceptors (Lipinski definition) is 36. The molecule has 7 rings (SSSR count). The predicted molar refractivity (Wildman–Crippen MR) is 357 cm³/mol. The number of ether oxygens (including phenoxy) is 10. The van der Waals surface area contributed by atoms with Crippen molar-refractivity contribution in [3.8, 4) is 0 Å². The number of amides is 10. The van der Waals surface area contributed by atoms with Crippen molar-refractivity contribution in [2.24, 2.45) is 5.73 Å². The zero-order chi connectivity index (χ0) is 82.7. The van der Waals surface area contributed by atoms with E-state index in [-0.39, 0.29) is 32.4 Å². The summed E-state index contributed by atoms with van der Waals surface area (Å²) in [7, 11) is 0. The molecule has 47 nitrogen and oxygen atoms in total. The third kappa shape index (κ3) is 21.6. The number of hydrogen-bond donors (Lipinski definition) is 24. The number of aliphatic hydroxyl groups is 15. The van der Waals surface area contributed by atoms with Gasteiger partial charge in [-0.1, -0.05) is 0 Å². The second-order valence-electron chi connectivity index (χ2n) is 28.1. The SMILES string of the molecule is CC(=O)NC(CO)C(=O)NC(C(=O)NC(C)C(=O)N1CCCC1C(=O)N1CCCC1C(=O)NC(C)C(N)=O)C(C)O[C@@H]1OC(CO[C@@H]2OC(CO)[C@H](O[C@@H]3OC(CO)[C@H](O)[C@H](O)C3O)[C@H](O)C2NC(C)=O)[C@H](O)[C@H](O[C@@H]2OC(CO)[C@H](O)[C@H](O[C@]3(C(=O)O)C[C@H](O)[C@@H](NC(C)=O)C([C@H](O)[C@H](O)CO)O3)C2O)C1NC(C)=O. The summed E-state index contributed by atoms with van der Waals surface area (Å²) < 4.78 is 59.7. The number of carbonyl (C=O) groups excluding carboxylic acids is 10. The molecule has 16 unspecified atom stereocenters. The smallest absolute Gasteiger partial charge is 0.364 e. The largest absolute Gasteiger partial charge is 0.477 e. The summed E-state index contributed by atoms with van der Waals surface area (Å²) in [5, 5.41) is 192. The van der Waals surface area contributed by atoms with Crippen molar-refractivity contribution >= 4 is 65.0 Å². The highest BCUT2D eigenvalue weighted by molar-refractivity contribution is 5.97. The van der Waals surface area contributed by atoms with E-state index in [2.05, 4.69) is 37.2 Å². The van der Waals surface area contributed by atoms with Gasteiger partial charge in [-0.25, -0.2) is 4.79 Å². The van der Waals surface area contributed by atoms with Crippen molar-refractivity contribution in [1.82, 2.24) is 47.0 Å². The number of rotatable bonds is 33. The summed E-state index contributed by atoms with van der Waals surface area (Å²) in [5.74, 6) is -14.9. The number of carboxylic acids is 1. The molecule has 0 aromatic heterocycles. The van der Waals surface area contributed by atoms with Crippen molar-refractivity contribution in [2.75, 3.05) is 52.7 Å². The molecular formula is C64H104N10O37. The van der Waals surface area contributed by atoms with Gasteiger partial charge < -0.3 is 182 Å². The highest BCUT2D eigenvalue weighted by Gasteiger charge is 2.62. The van der Waals surface area contributed by atoms with Crippen LogP contribution in [0.25, 0.3) is 0 Å². The van der Waals surface area contributed by atoms with Gasteiger partial charge in [-0.05, 0) is 46.5 Å². The first-order valence-electron chi connectivity index (χ1n) is 35.7. The number of nitrogens with two attached hydrogens (primary N) is 1. The van der Waals surface area contributed by atoms with E-state index >= 15 is 0 Å². The van der Waals surface area contributed by atoms with Crippen molar-refractivity contribution in [1.29, 1.82) is 0 Å². The lowest BCUT2D eigenvalue weighted by atomic mass is 9.88. The average molecular weight is 1610 g/mol. The maximum atomic E-state index is 15.0. The van der Waals surface area contributed by atoms with Gasteiger partial charge in [0, 0.05) is 47.2 Å². The minimum Gasteiger partial charge on any atom is -0.477 e. The highest BCUT2D eigenvalue weighted by Crippen LogP contribution is 2.40. The quantitative estimate of drug-likeness (QED) is 0.0290. The molecule has 47 heteroatoms. The second-order valence-corrected chi connectivity index (χ2v) is 28.1. The van der Waals surface area contributed by atoms with Crippen LogP contribution in [0.4, 0.5) is 0 Å². The van der Waals surface area contributed by atoms with Crippen LogP contribution in [-0.2, 0) is 100 Å². The fraction of sp³-hybridized carbons (Fsp3) is 0.828. The van der Waals surface area contributed by atoms with Crippen LogP contribution >= 0.6 is 0 Å². The molecule has 10 amide bonds. The van der Waals surface area contributed by atoms with Crippen LogP contribution in [0.1, 0.15) is 80.6 Å². The van der Waals surface area contributed by atoms with Gasteiger partial charge in [0.05, 0.1) is 57.9 Å². The summed E-state index contributed by atoms with van der Waals surface area (Å²) in [4.78, 5) is 150. The Morgan fingerprint density at radius 3 is 1.65 bits per heavy atom. The van der Waals surface area contributed by atoms with Crippen molar-refractivity contribution in [3.63, 3.8) is 0 Å². The Balaban J connectivity index is 1.27. The Kier molecular flexibility index (Phi) is 32.9. The maximum Gasteiger partial charge on any atom is 0.364 e. The van der Waals surface area contributed by atoms with Gasteiger partial charge in [0.15, 0.2) is 25.2 Å². The van der Waals surface area contributed by atoms with E-state index in [4.69, 9.17) is 53.1 Å². The van der Waals surface area contributed by atoms with Crippen LogP contribution in [0, 0.1) is 0 Å². The van der Waals surface area contributed by atoms with Gasteiger partial charge in [-0.2, -0.15) is 0 Å². The van der Waals surface area contributed by atoms with Gasteiger partial charge in [0.2, 0.25) is 59.1 Å². The van der Waals surface area contributed by atoms with Crippen LogP contribution in [0.3, 0.4) is 0 Å². The number of nitrogens with one attached hydrogen (secondary N) is 7. The molecule has 7 aliphatic heterocycles. The molecule has 0 aromatic rings.